The van der Waals surface area contributed by atoms with Gasteiger partial charge in [0.05, 0.1) is 6.20 Å². The number of carbonyl (C=O) groups is 3. The Morgan fingerprint density at radius 3 is 2.77 bits per heavy atom. The summed E-state index contributed by atoms with van der Waals surface area (Å²) in [5, 5.41) is 7.32. The molecule has 8 nitrogen and oxygen atoms in total. The normalized spacial score (nSPS) is 16.8. The third-order valence-electron chi connectivity index (χ3n) is 3.05. The van der Waals surface area contributed by atoms with Crippen molar-refractivity contribution >= 4 is 23.5 Å². The first-order valence-corrected chi connectivity index (χ1v) is 6.42. The zero-order valence-corrected chi connectivity index (χ0v) is 11.2. The third kappa shape index (κ3) is 2.75. The molecule has 2 aromatic rings. The van der Waals surface area contributed by atoms with Gasteiger partial charge >= 0.3 is 6.03 Å². The fourth-order valence-electron chi connectivity index (χ4n) is 2.06. The molecule has 1 aliphatic heterocycles. The van der Waals surface area contributed by atoms with Crippen LogP contribution in [0, 0.1) is 0 Å². The van der Waals surface area contributed by atoms with Gasteiger partial charge in [-0.1, -0.05) is 12.1 Å². The van der Waals surface area contributed by atoms with Crippen LogP contribution >= 0.6 is 0 Å². The van der Waals surface area contributed by atoms with Crippen LogP contribution in [0.1, 0.15) is 22.1 Å². The molecule has 22 heavy (non-hydrogen) atoms. The molecule has 0 saturated carbocycles. The fourth-order valence-corrected chi connectivity index (χ4v) is 2.06. The van der Waals surface area contributed by atoms with Crippen LogP contribution in [0.3, 0.4) is 0 Å². The molecule has 0 aliphatic carbocycles. The summed E-state index contributed by atoms with van der Waals surface area (Å²) in [6, 6.07) is 5.36. The molecule has 110 valence electrons. The van der Waals surface area contributed by atoms with E-state index < -0.39 is 23.9 Å². The minimum absolute atomic E-state index is 0.180. The van der Waals surface area contributed by atoms with Gasteiger partial charge in [0.15, 0.2) is 0 Å². The summed E-state index contributed by atoms with van der Waals surface area (Å²) >= 11 is 0. The van der Waals surface area contributed by atoms with E-state index in [1.807, 2.05) is 0 Å². The molecule has 1 atom stereocenters. The van der Waals surface area contributed by atoms with Crippen molar-refractivity contribution in [3.63, 3.8) is 0 Å². The van der Waals surface area contributed by atoms with Crippen molar-refractivity contribution in [1.29, 1.82) is 0 Å². The largest absolute Gasteiger partial charge is 0.322 e. The first-order chi connectivity index (χ1) is 10.6. The van der Waals surface area contributed by atoms with Gasteiger partial charge in [-0.25, -0.2) is 9.78 Å². The minimum atomic E-state index is -0.763. The number of amides is 4. The van der Waals surface area contributed by atoms with E-state index >= 15 is 0 Å². The highest BCUT2D eigenvalue weighted by atomic mass is 16.2. The SMILES string of the molecule is O=C1NC(=O)C(c2cccc(NC(=O)c3cnccn3)c2)N1. The molecular weight excluding hydrogens is 286 g/mol. The topological polar surface area (TPSA) is 113 Å². The molecule has 2 heterocycles. The van der Waals surface area contributed by atoms with Crippen molar-refractivity contribution in [3.05, 3.63) is 54.1 Å². The number of hydrogen-bond donors (Lipinski definition) is 3. The van der Waals surface area contributed by atoms with Crippen LogP contribution in [0.5, 0.6) is 0 Å². The highest BCUT2D eigenvalue weighted by Gasteiger charge is 2.30. The van der Waals surface area contributed by atoms with E-state index in [0.717, 1.165) is 0 Å². The fraction of sp³-hybridized carbons (Fsp3) is 0.0714. The molecule has 1 unspecified atom stereocenters. The summed E-state index contributed by atoms with van der Waals surface area (Å²) in [6.07, 6.45) is 4.24. The van der Waals surface area contributed by atoms with Gasteiger partial charge in [-0.3, -0.25) is 19.9 Å². The van der Waals surface area contributed by atoms with E-state index in [-0.39, 0.29) is 5.69 Å². The summed E-state index contributed by atoms with van der Waals surface area (Å²) in [6.45, 7) is 0. The molecule has 1 fully saturated rings. The quantitative estimate of drug-likeness (QED) is 0.718. The monoisotopic (exact) mass is 297 g/mol. The lowest BCUT2D eigenvalue weighted by atomic mass is 10.1. The molecule has 1 aliphatic rings. The Labute approximate surface area is 125 Å². The van der Waals surface area contributed by atoms with Gasteiger partial charge in [-0.15, -0.1) is 0 Å². The van der Waals surface area contributed by atoms with Crippen molar-refractivity contribution in [3.8, 4) is 0 Å². The van der Waals surface area contributed by atoms with Gasteiger partial charge in [-0.05, 0) is 17.7 Å². The van der Waals surface area contributed by atoms with E-state index in [4.69, 9.17) is 0 Å². The van der Waals surface area contributed by atoms with Gasteiger partial charge in [0.25, 0.3) is 11.8 Å². The van der Waals surface area contributed by atoms with Gasteiger partial charge < -0.3 is 10.6 Å². The number of hydrogen-bond acceptors (Lipinski definition) is 5. The van der Waals surface area contributed by atoms with E-state index in [2.05, 4.69) is 25.9 Å². The van der Waals surface area contributed by atoms with Gasteiger partial charge in [-0.2, -0.15) is 0 Å². The zero-order valence-electron chi connectivity index (χ0n) is 11.2. The second-order valence-corrected chi connectivity index (χ2v) is 4.57. The molecule has 0 radical (unpaired) electrons. The minimum Gasteiger partial charge on any atom is -0.322 e. The smallest absolute Gasteiger partial charge is 0.322 e. The molecule has 1 aromatic carbocycles. The lowest BCUT2D eigenvalue weighted by Crippen LogP contribution is -2.22. The Morgan fingerprint density at radius 1 is 1.23 bits per heavy atom. The lowest BCUT2D eigenvalue weighted by Gasteiger charge is -2.10. The second-order valence-electron chi connectivity index (χ2n) is 4.57. The van der Waals surface area contributed by atoms with E-state index in [1.54, 1.807) is 24.3 Å². The number of aromatic nitrogens is 2. The third-order valence-corrected chi connectivity index (χ3v) is 3.05. The van der Waals surface area contributed by atoms with Crippen LogP contribution in [-0.2, 0) is 4.79 Å². The number of anilines is 1. The molecule has 1 saturated heterocycles. The number of imide groups is 1. The average molecular weight is 297 g/mol. The van der Waals surface area contributed by atoms with Crippen LogP contribution in [0.15, 0.2) is 42.9 Å². The highest BCUT2D eigenvalue weighted by Crippen LogP contribution is 2.20. The Morgan fingerprint density at radius 2 is 2.09 bits per heavy atom. The maximum atomic E-state index is 12.0. The predicted octanol–water partition coefficient (Wildman–Crippen LogP) is 0.609. The zero-order chi connectivity index (χ0) is 15.5. The highest BCUT2D eigenvalue weighted by molar-refractivity contribution is 6.05. The number of urea groups is 1. The van der Waals surface area contributed by atoms with Crippen LogP contribution in [0.25, 0.3) is 0 Å². The summed E-state index contributed by atoms with van der Waals surface area (Å²) in [7, 11) is 0. The Kier molecular flexibility index (Phi) is 3.48. The Hall–Kier alpha value is -3.29. The summed E-state index contributed by atoms with van der Waals surface area (Å²) in [5.41, 5.74) is 1.24. The summed E-state index contributed by atoms with van der Waals surface area (Å²) in [4.78, 5) is 42.5. The van der Waals surface area contributed by atoms with Gasteiger partial charge in [0.1, 0.15) is 11.7 Å². The number of carbonyl (C=O) groups excluding carboxylic acids is 3. The van der Waals surface area contributed by atoms with Crippen molar-refractivity contribution in [2.45, 2.75) is 6.04 Å². The molecular formula is C14H11N5O3. The van der Waals surface area contributed by atoms with Crippen molar-refractivity contribution in [1.82, 2.24) is 20.6 Å². The molecule has 3 rings (SSSR count). The number of nitrogens with zero attached hydrogens (tertiary/aromatic N) is 2. The van der Waals surface area contributed by atoms with Crippen LogP contribution in [-0.4, -0.2) is 27.8 Å². The number of rotatable bonds is 3. The lowest BCUT2D eigenvalue weighted by molar-refractivity contribution is -0.120. The number of benzene rings is 1. The van der Waals surface area contributed by atoms with Crippen LogP contribution < -0.4 is 16.0 Å². The molecule has 0 spiro atoms. The van der Waals surface area contributed by atoms with Gasteiger partial charge in [0, 0.05) is 18.1 Å². The van der Waals surface area contributed by atoms with Crippen LogP contribution in [0.4, 0.5) is 10.5 Å². The van der Waals surface area contributed by atoms with E-state index in [0.29, 0.717) is 11.3 Å². The molecule has 0 bridgehead atoms. The predicted molar refractivity (Wildman–Crippen MR) is 75.8 cm³/mol. The van der Waals surface area contributed by atoms with Crippen molar-refractivity contribution in [2.24, 2.45) is 0 Å². The summed E-state index contributed by atoms with van der Waals surface area (Å²) in [5.74, 6) is -0.840. The maximum Gasteiger partial charge on any atom is 0.322 e. The average Bonchev–Trinajstić information content (AvgIpc) is 2.87. The van der Waals surface area contributed by atoms with Gasteiger partial charge in [0.2, 0.25) is 0 Å². The maximum absolute atomic E-state index is 12.0. The molecule has 8 heteroatoms. The first-order valence-electron chi connectivity index (χ1n) is 6.42. The molecule has 4 amide bonds. The van der Waals surface area contributed by atoms with Crippen molar-refractivity contribution < 1.29 is 14.4 Å². The number of nitrogens with one attached hydrogen (secondary N) is 3. The molecule has 1 aromatic heterocycles. The molecule has 3 N–H and O–H groups in total. The summed E-state index contributed by atoms with van der Waals surface area (Å²) < 4.78 is 0. The Bertz CT molecular complexity index is 747. The van der Waals surface area contributed by atoms with Crippen LogP contribution in [0.2, 0.25) is 0 Å². The second kappa shape index (κ2) is 5.60. The van der Waals surface area contributed by atoms with E-state index in [1.165, 1.54) is 18.6 Å². The standard InChI is InChI=1S/C14H11N5O3/c20-12(10-7-15-4-5-16-10)17-9-3-1-2-8(6-9)11-13(21)19-14(22)18-11/h1-7,11H,(H,17,20)(H2,18,19,21,22). The van der Waals surface area contributed by atoms with E-state index in [9.17, 15) is 14.4 Å². The first kappa shape index (κ1) is 13.7. The Balaban J connectivity index is 1.79. The van der Waals surface area contributed by atoms with Crippen molar-refractivity contribution in [2.75, 3.05) is 5.32 Å².